The molecule has 0 aliphatic carbocycles. The Balaban J connectivity index is 2.29. The van der Waals surface area contributed by atoms with Gasteiger partial charge in [0.1, 0.15) is 0 Å². The van der Waals surface area contributed by atoms with Crippen LogP contribution in [0.15, 0.2) is 34.5 Å². The molecule has 21 heavy (non-hydrogen) atoms. The number of anilines is 1. The molecule has 7 heteroatoms. The third-order valence-electron chi connectivity index (χ3n) is 3.17. The Bertz CT molecular complexity index is 707. The number of aryl methyl sites for hydroxylation is 1. The van der Waals surface area contributed by atoms with Crippen molar-refractivity contribution in [1.82, 2.24) is 10.3 Å². The zero-order valence-corrected chi connectivity index (χ0v) is 13.9. The van der Waals surface area contributed by atoms with Gasteiger partial charge >= 0.3 is 0 Å². The van der Waals surface area contributed by atoms with Gasteiger partial charge in [-0.15, -0.1) is 11.3 Å². The van der Waals surface area contributed by atoms with E-state index in [9.17, 15) is 8.42 Å². The van der Waals surface area contributed by atoms with Crippen LogP contribution in [-0.4, -0.2) is 20.4 Å². The van der Waals surface area contributed by atoms with Crippen LogP contribution in [0.3, 0.4) is 0 Å². The Hall–Kier alpha value is -1.44. The highest BCUT2D eigenvalue weighted by molar-refractivity contribution is 7.93. The smallest absolute Gasteiger partial charge is 0.263 e. The molecule has 2 rings (SSSR count). The normalized spacial score (nSPS) is 13.1. The van der Waals surface area contributed by atoms with Gasteiger partial charge in [-0.3, -0.25) is 4.72 Å². The molecule has 0 spiro atoms. The number of nitrogens with one attached hydrogen (secondary N) is 2. The number of nitrogens with zero attached hydrogens (tertiary/aromatic N) is 1. The van der Waals surface area contributed by atoms with Crippen molar-refractivity contribution >= 4 is 26.5 Å². The highest BCUT2D eigenvalue weighted by Gasteiger charge is 2.17. The Labute approximate surface area is 129 Å². The van der Waals surface area contributed by atoms with E-state index in [0.29, 0.717) is 5.13 Å². The lowest BCUT2D eigenvalue weighted by molar-refractivity contribution is 0.574. The molecular weight excluding hydrogens is 306 g/mol. The maximum absolute atomic E-state index is 12.4. The summed E-state index contributed by atoms with van der Waals surface area (Å²) in [4.78, 5) is 4.38. The number of rotatable bonds is 6. The summed E-state index contributed by atoms with van der Waals surface area (Å²) in [7, 11) is -1.74. The molecule has 0 saturated carbocycles. The first-order valence-electron chi connectivity index (χ1n) is 6.68. The predicted octanol–water partition coefficient (Wildman–Crippen LogP) is 2.92. The highest BCUT2D eigenvalue weighted by atomic mass is 32.2. The molecule has 1 aromatic carbocycles. The first-order valence-corrected chi connectivity index (χ1v) is 9.04. The third-order valence-corrected chi connectivity index (χ3v) is 5.51. The van der Waals surface area contributed by atoms with E-state index in [0.717, 1.165) is 17.7 Å². The molecule has 0 aliphatic heterocycles. The lowest BCUT2D eigenvalue weighted by Gasteiger charge is -2.15. The van der Waals surface area contributed by atoms with E-state index < -0.39 is 10.0 Å². The summed E-state index contributed by atoms with van der Waals surface area (Å²) in [6.07, 6.45) is 0.888. The van der Waals surface area contributed by atoms with Gasteiger partial charge in [-0.05, 0) is 38.1 Å². The zero-order chi connectivity index (χ0) is 15.5. The van der Waals surface area contributed by atoms with E-state index >= 15 is 0 Å². The molecular formula is C14H19N3O2S2. The summed E-state index contributed by atoms with van der Waals surface area (Å²) in [5.41, 5.74) is 1.76. The van der Waals surface area contributed by atoms with E-state index in [1.54, 1.807) is 18.2 Å². The van der Waals surface area contributed by atoms with E-state index in [2.05, 4.69) is 21.9 Å². The van der Waals surface area contributed by atoms with Gasteiger partial charge in [-0.1, -0.05) is 19.1 Å². The number of benzene rings is 1. The molecule has 0 aliphatic rings. The minimum absolute atomic E-state index is 0.141. The molecule has 0 amide bonds. The van der Waals surface area contributed by atoms with E-state index in [1.165, 1.54) is 11.3 Å². The second-order valence-corrected chi connectivity index (χ2v) is 7.26. The molecule has 1 aromatic heterocycles. The molecule has 0 radical (unpaired) electrons. The highest BCUT2D eigenvalue weighted by Crippen LogP contribution is 2.23. The fourth-order valence-corrected chi connectivity index (χ4v) is 4.08. The maximum Gasteiger partial charge on any atom is 0.263 e. The van der Waals surface area contributed by atoms with Gasteiger partial charge in [0.25, 0.3) is 10.0 Å². The van der Waals surface area contributed by atoms with Gasteiger partial charge in [0.2, 0.25) is 0 Å². The first kappa shape index (κ1) is 15.9. The quantitative estimate of drug-likeness (QED) is 0.856. The average molecular weight is 325 g/mol. The minimum atomic E-state index is -3.60. The fraction of sp³-hybridized carbons (Fsp3) is 0.357. The van der Waals surface area contributed by atoms with Crippen LogP contribution in [0, 0.1) is 6.92 Å². The Morgan fingerprint density at radius 2 is 2.14 bits per heavy atom. The number of hydrogen-bond donors (Lipinski definition) is 2. The van der Waals surface area contributed by atoms with Crippen molar-refractivity contribution in [1.29, 1.82) is 0 Å². The molecule has 2 N–H and O–H groups in total. The van der Waals surface area contributed by atoms with Gasteiger partial charge < -0.3 is 5.32 Å². The van der Waals surface area contributed by atoms with Crippen molar-refractivity contribution in [2.45, 2.75) is 31.2 Å². The molecule has 1 atom stereocenters. The third kappa shape index (κ3) is 3.81. The van der Waals surface area contributed by atoms with E-state index in [-0.39, 0.29) is 10.9 Å². The molecule has 0 saturated heterocycles. The topological polar surface area (TPSA) is 71.1 Å². The van der Waals surface area contributed by atoms with Gasteiger partial charge in [0.05, 0.1) is 10.6 Å². The van der Waals surface area contributed by atoms with Crippen molar-refractivity contribution in [3.05, 3.63) is 40.9 Å². The van der Waals surface area contributed by atoms with Crippen LogP contribution >= 0.6 is 11.3 Å². The molecule has 1 unspecified atom stereocenters. The van der Waals surface area contributed by atoms with Crippen LogP contribution in [0.2, 0.25) is 0 Å². The lowest BCUT2D eigenvalue weighted by Crippen LogP contribution is -2.17. The summed E-state index contributed by atoms with van der Waals surface area (Å²) < 4.78 is 27.3. The maximum atomic E-state index is 12.4. The van der Waals surface area contributed by atoms with Crippen molar-refractivity contribution in [2.75, 3.05) is 11.8 Å². The van der Waals surface area contributed by atoms with Crippen molar-refractivity contribution < 1.29 is 8.42 Å². The van der Waals surface area contributed by atoms with Crippen molar-refractivity contribution in [2.24, 2.45) is 0 Å². The standard InChI is InChI=1S/C14H19N3O2S2/c1-4-13(15-3)11-6-5-7-12(8-11)21(18,19)17-14-16-10(2)9-20-14/h5-9,13,15H,4H2,1-3H3,(H,16,17). The second-order valence-electron chi connectivity index (χ2n) is 4.72. The Kier molecular flexibility index (Phi) is 4.97. The number of hydrogen-bond acceptors (Lipinski definition) is 5. The average Bonchev–Trinajstić information content (AvgIpc) is 2.85. The van der Waals surface area contributed by atoms with Crippen LogP contribution in [0.25, 0.3) is 0 Å². The van der Waals surface area contributed by atoms with Crippen LogP contribution in [0.1, 0.15) is 30.6 Å². The molecule has 0 fully saturated rings. The predicted molar refractivity (Wildman–Crippen MR) is 86.2 cm³/mol. The summed E-state index contributed by atoms with van der Waals surface area (Å²) >= 11 is 1.28. The monoisotopic (exact) mass is 325 g/mol. The molecule has 1 heterocycles. The largest absolute Gasteiger partial charge is 0.313 e. The van der Waals surface area contributed by atoms with Crippen molar-refractivity contribution in [3.63, 3.8) is 0 Å². The number of aromatic nitrogens is 1. The Morgan fingerprint density at radius 1 is 1.38 bits per heavy atom. The van der Waals surface area contributed by atoms with Gasteiger partial charge in [-0.25, -0.2) is 13.4 Å². The number of sulfonamides is 1. The van der Waals surface area contributed by atoms with Crippen LogP contribution in [0.5, 0.6) is 0 Å². The van der Waals surface area contributed by atoms with E-state index in [1.807, 2.05) is 25.4 Å². The van der Waals surface area contributed by atoms with Gasteiger partial charge in [-0.2, -0.15) is 0 Å². The summed E-state index contributed by atoms with van der Waals surface area (Å²) in [5, 5.41) is 5.37. The lowest BCUT2D eigenvalue weighted by atomic mass is 10.1. The minimum Gasteiger partial charge on any atom is -0.313 e. The van der Waals surface area contributed by atoms with Gasteiger partial charge in [0.15, 0.2) is 5.13 Å². The molecule has 114 valence electrons. The number of thiazole rings is 1. The van der Waals surface area contributed by atoms with Crippen LogP contribution in [-0.2, 0) is 10.0 Å². The zero-order valence-electron chi connectivity index (χ0n) is 12.3. The first-order chi connectivity index (χ1) is 9.96. The Morgan fingerprint density at radius 3 is 2.71 bits per heavy atom. The second kappa shape index (κ2) is 6.55. The summed E-state index contributed by atoms with van der Waals surface area (Å²) in [6, 6.07) is 7.12. The van der Waals surface area contributed by atoms with Crippen LogP contribution in [0.4, 0.5) is 5.13 Å². The summed E-state index contributed by atoms with van der Waals surface area (Å²) in [6.45, 7) is 3.88. The fourth-order valence-electron chi connectivity index (χ4n) is 2.08. The SMILES string of the molecule is CCC(NC)c1cccc(S(=O)(=O)Nc2nc(C)cs2)c1. The molecule has 2 aromatic rings. The van der Waals surface area contributed by atoms with Crippen LogP contribution < -0.4 is 10.0 Å². The summed E-state index contributed by atoms with van der Waals surface area (Å²) in [5.74, 6) is 0. The van der Waals surface area contributed by atoms with E-state index in [4.69, 9.17) is 0 Å². The van der Waals surface area contributed by atoms with Crippen molar-refractivity contribution in [3.8, 4) is 0 Å². The molecule has 5 nitrogen and oxygen atoms in total. The molecule has 0 bridgehead atoms. The van der Waals surface area contributed by atoms with Gasteiger partial charge in [0, 0.05) is 11.4 Å².